The summed E-state index contributed by atoms with van der Waals surface area (Å²) < 4.78 is 0. The predicted octanol–water partition coefficient (Wildman–Crippen LogP) is 1.57. The first-order chi connectivity index (χ1) is 13.8. The summed E-state index contributed by atoms with van der Waals surface area (Å²) in [6.07, 6.45) is 3.70. The van der Waals surface area contributed by atoms with Crippen molar-refractivity contribution < 1.29 is 14.4 Å². The summed E-state index contributed by atoms with van der Waals surface area (Å²) in [4.78, 5) is 49.1. The lowest BCUT2D eigenvalue weighted by Crippen LogP contribution is -2.49. The van der Waals surface area contributed by atoms with E-state index in [9.17, 15) is 14.4 Å². The quantitative estimate of drug-likeness (QED) is 0.775. The van der Waals surface area contributed by atoms with Gasteiger partial charge in [-0.15, -0.1) is 0 Å². The SMILES string of the molecule is Cc1cc(C(=O)N2C[C@@H]3CN(C(=O)C(C)C)C[C@]3(C(=O)N3CCCC3)C2)ccn1. The first-order valence-electron chi connectivity index (χ1n) is 10.6. The molecule has 0 radical (unpaired) electrons. The Morgan fingerprint density at radius 3 is 2.38 bits per heavy atom. The Morgan fingerprint density at radius 2 is 1.72 bits per heavy atom. The summed E-state index contributed by atoms with van der Waals surface area (Å²) >= 11 is 0. The minimum Gasteiger partial charge on any atom is -0.342 e. The summed E-state index contributed by atoms with van der Waals surface area (Å²) in [6, 6.07) is 3.52. The van der Waals surface area contributed by atoms with Crippen LogP contribution in [0.5, 0.6) is 0 Å². The Morgan fingerprint density at radius 1 is 1.07 bits per heavy atom. The zero-order valence-electron chi connectivity index (χ0n) is 17.6. The lowest BCUT2D eigenvalue weighted by Gasteiger charge is -2.32. The van der Waals surface area contributed by atoms with Crippen LogP contribution in [-0.2, 0) is 9.59 Å². The number of likely N-dealkylation sites (tertiary alicyclic amines) is 3. The molecule has 2 atom stereocenters. The van der Waals surface area contributed by atoms with Crippen molar-refractivity contribution in [3.63, 3.8) is 0 Å². The highest BCUT2D eigenvalue weighted by Gasteiger charge is 2.60. The van der Waals surface area contributed by atoms with Crippen LogP contribution in [0.4, 0.5) is 0 Å². The van der Waals surface area contributed by atoms with Gasteiger partial charge < -0.3 is 14.7 Å². The molecule has 3 amide bonds. The van der Waals surface area contributed by atoms with E-state index in [0.29, 0.717) is 31.7 Å². The third-order valence-corrected chi connectivity index (χ3v) is 6.66. The number of pyridine rings is 1. The summed E-state index contributed by atoms with van der Waals surface area (Å²) in [7, 11) is 0. The number of aryl methyl sites for hydroxylation is 1. The Kier molecular flexibility index (Phi) is 5.09. The number of nitrogens with zero attached hydrogens (tertiary/aromatic N) is 4. The van der Waals surface area contributed by atoms with E-state index in [0.717, 1.165) is 31.6 Å². The van der Waals surface area contributed by atoms with Crippen LogP contribution in [0.25, 0.3) is 0 Å². The molecular weight excluding hydrogens is 368 g/mol. The first-order valence-corrected chi connectivity index (χ1v) is 10.6. The normalized spacial score (nSPS) is 26.3. The van der Waals surface area contributed by atoms with E-state index in [-0.39, 0.29) is 29.6 Å². The first kappa shape index (κ1) is 19.9. The van der Waals surface area contributed by atoms with Crippen LogP contribution >= 0.6 is 0 Å². The Hall–Kier alpha value is -2.44. The lowest BCUT2D eigenvalue weighted by molar-refractivity contribution is -0.141. The van der Waals surface area contributed by atoms with Gasteiger partial charge in [0.2, 0.25) is 11.8 Å². The van der Waals surface area contributed by atoms with Gasteiger partial charge in [0.05, 0.1) is 5.41 Å². The van der Waals surface area contributed by atoms with Crippen LogP contribution in [-0.4, -0.2) is 76.7 Å². The fourth-order valence-electron chi connectivity index (χ4n) is 5.15. The van der Waals surface area contributed by atoms with Gasteiger partial charge in [-0.1, -0.05) is 13.8 Å². The van der Waals surface area contributed by atoms with Gasteiger partial charge in [0.25, 0.3) is 5.91 Å². The van der Waals surface area contributed by atoms with Crippen LogP contribution in [0.15, 0.2) is 18.3 Å². The smallest absolute Gasteiger partial charge is 0.254 e. The number of amides is 3. The van der Waals surface area contributed by atoms with Gasteiger partial charge in [0, 0.05) is 68.6 Å². The van der Waals surface area contributed by atoms with Gasteiger partial charge in [-0.2, -0.15) is 0 Å². The van der Waals surface area contributed by atoms with Gasteiger partial charge in [-0.25, -0.2) is 0 Å². The van der Waals surface area contributed by atoms with Crippen LogP contribution in [0.3, 0.4) is 0 Å². The molecule has 0 aliphatic carbocycles. The molecule has 156 valence electrons. The van der Waals surface area contributed by atoms with Crippen LogP contribution in [0, 0.1) is 24.2 Å². The number of carbonyl (C=O) groups excluding carboxylic acids is 3. The monoisotopic (exact) mass is 398 g/mol. The van der Waals surface area contributed by atoms with Crippen molar-refractivity contribution in [2.75, 3.05) is 39.3 Å². The van der Waals surface area contributed by atoms with E-state index >= 15 is 0 Å². The highest BCUT2D eigenvalue weighted by Crippen LogP contribution is 2.45. The van der Waals surface area contributed by atoms with Crippen molar-refractivity contribution in [2.24, 2.45) is 17.3 Å². The third-order valence-electron chi connectivity index (χ3n) is 6.66. The molecule has 1 aromatic heterocycles. The van der Waals surface area contributed by atoms with E-state index in [2.05, 4.69) is 4.98 Å². The predicted molar refractivity (Wildman–Crippen MR) is 108 cm³/mol. The van der Waals surface area contributed by atoms with E-state index in [1.807, 2.05) is 35.5 Å². The number of aromatic nitrogens is 1. The molecule has 3 aliphatic rings. The van der Waals surface area contributed by atoms with Gasteiger partial charge in [-0.05, 0) is 31.9 Å². The second-order valence-electron chi connectivity index (χ2n) is 9.10. The number of hydrogen-bond acceptors (Lipinski definition) is 4. The molecule has 4 heterocycles. The van der Waals surface area contributed by atoms with Crippen molar-refractivity contribution in [1.29, 1.82) is 0 Å². The lowest BCUT2D eigenvalue weighted by atomic mass is 9.79. The second kappa shape index (κ2) is 7.43. The average Bonchev–Trinajstić information content (AvgIpc) is 3.40. The molecule has 7 nitrogen and oxygen atoms in total. The maximum Gasteiger partial charge on any atom is 0.254 e. The fraction of sp³-hybridized carbons (Fsp3) is 0.636. The highest BCUT2D eigenvalue weighted by atomic mass is 16.2. The fourth-order valence-corrected chi connectivity index (χ4v) is 5.15. The van der Waals surface area contributed by atoms with Crippen LogP contribution in [0.2, 0.25) is 0 Å². The number of fused-ring (bicyclic) bond motifs is 1. The van der Waals surface area contributed by atoms with Gasteiger partial charge in [0.1, 0.15) is 0 Å². The third kappa shape index (κ3) is 3.40. The molecule has 0 saturated carbocycles. The Labute approximate surface area is 172 Å². The maximum atomic E-state index is 13.6. The zero-order chi connectivity index (χ0) is 20.8. The highest BCUT2D eigenvalue weighted by molar-refractivity contribution is 5.96. The summed E-state index contributed by atoms with van der Waals surface area (Å²) in [5.74, 6) is 0.0617. The van der Waals surface area contributed by atoms with E-state index in [1.54, 1.807) is 18.3 Å². The molecule has 7 heteroatoms. The molecule has 29 heavy (non-hydrogen) atoms. The zero-order valence-corrected chi connectivity index (χ0v) is 17.6. The van der Waals surface area contributed by atoms with E-state index in [4.69, 9.17) is 0 Å². The topological polar surface area (TPSA) is 73.8 Å². The maximum absolute atomic E-state index is 13.6. The van der Waals surface area contributed by atoms with E-state index < -0.39 is 5.41 Å². The number of hydrogen-bond donors (Lipinski definition) is 0. The largest absolute Gasteiger partial charge is 0.342 e. The summed E-state index contributed by atoms with van der Waals surface area (Å²) in [5.41, 5.74) is 0.732. The van der Waals surface area contributed by atoms with Gasteiger partial charge in [-0.3, -0.25) is 19.4 Å². The number of rotatable bonds is 3. The van der Waals surface area contributed by atoms with Gasteiger partial charge in [0.15, 0.2) is 0 Å². The molecule has 0 unspecified atom stereocenters. The molecule has 0 bridgehead atoms. The van der Waals surface area contributed by atoms with Gasteiger partial charge >= 0.3 is 0 Å². The van der Waals surface area contributed by atoms with Crippen molar-refractivity contribution in [3.05, 3.63) is 29.6 Å². The minimum atomic E-state index is -0.674. The van der Waals surface area contributed by atoms with Crippen molar-refractivity contribution in [3.8, 4) is 0 Å². The molecule has 0 spiro atoms. The Bertz CT molecular complexity index is 833. The molecule has 3 aliphatic heterocycles. The summed E-state index contributed by atoms with van der Waals surface area (Å²) in [6.45, 7) is 9.09. The van der Waals surface area contributed by atoms with Crippen LogP contribution in [0.1, 0.15) is 42.7 Å². The summed E-state index contributed by atoms with van der Waals surface area (Å²) in [5, 5.41) is 0. The number of carbonyl (C=O) groups is 3. The molecule has 3 fully saturated rings. The molecule has 1 aromatic rings. The molecular formula is C22H30N4O3. The minimum absolute atomic E-state index is 0.00909. The molecule has 0 N–H and O–H groups in total. The average molecular weight is 399 g/mol. The van der Waals surface area contributed by atoms with E-state index in [1.165, 1.54) is 0 Å². The molecule has 3 saturated heterocycles. The van der Waals surface area contributed by atoms with Crippen LogP contribution < -0.4 is 0 Å². The standard InChI is InChI=1S/C22H30N4O3/c1-15(2)19(27)25-11-18-12-26(20(28)17-6-7-23-16(3)10-17)14-22(18,13-25)21(29)24-8-4-5-9-24/h6-7,10,15,18H,4-5,8-9,11-14H2,1-3H3/t18-,22-/m0/s1. The van der Waals surface area contributed by atoms with Crippen molar-refractivity contribution in [1.82, 2.24) is 19.7 Å². The van der Waals surface area contributed by atoms with Crippen molar-refractivity contribution in [2.45, 2.75) is 33.6 Å². The molecule has 0 aromatic carbocycles. The van der Waals surface area contributed by atoms with Crippen molar-refractivity contribution >= 4 is 17.7 Å². The molecule has 4 rings (SSSR count). The second-order valence-corrected chi connectivity index (χ2v) is 9.10. The Balaban J connectivity index is 1.60.